The zero-order valence-corrected chi connectivity index (χ0v) is 11.2. The number of halogens is 1. The lowest BCUT2D eigenvalue weighted by atomic mass is 9.84. The number of hydrogen-bond acceptors (Lipinski definition) is 3. The number of aromatic nitrogens is 2. The number of ether oxygens (including phenoxy) is 1. The molecule has 1 aromatic rings. The number of rotatable bonds is 2. The molecule has 18 heavy (non-hydrogen) atoms. The molecule has 1 unspecified atom stereocenters. The zero-order valence-electron chi connectivity index (χ0n) is 10.5. The van der Waals surface area contributed by atoms with Gasteiger partial charge >= 0.3 is 5.97 Å². The standard InChI is InChI=1S/C13H17ClN2O2/c1-18-13(17)9-6-3-7-16-10(9)11(14)15-12(16)8-4-2-5-8/h8-9H,2-7H2,1H3. The predicted octanol–water partition coefficient (Wildman–Crippen LogP) is 2.85. The minimum absolute atomic E-state index is 0.196. The molecule has 5 heteroatoms. The molecule has 0 N–H and O–H groups in total. The molecule has 1 aliphatic heterocycles. The molecule has 0 radical (unpaired) electrons. The number of carbonyl (C=O) groups is 1. The van der Waals surface area contributed by atoms with Crippen molar-refractivity contribution in [2.75, 3.05) is 7.11 Å². The average Bonchev–Trinajstić information content (AvgIpc) is 2.64. The molecule has 1 fully saturated rings. The molecule has 1 aromatic heterocycles. The van der Waals surface area contributed by atoms with Crippen LogP contribution in [0.2, 0.25) is 5.15 Å². The van der Waals surface area contributed by atoms with E-state index >= 15 is 0 Å². The maximum atomic E-state index is 11.8. The van der Waals surface area contributed by atoms with Crippen LogP contribution in [0.15, 0.2) is 0 Å². The van der Waals surface area contributed by atoms with Crippen LogP contribution >= 0.6 is 11.6 Å². The van der Waals surface area contributed by atoms with Gasteiger partial charge in [0.1, 0.15) is 11.7 Å². The van der Waals surface area contributed by atoms with Gasteiger partial charge in [-0.1, -0.05) is 18.0 Å². The van der Waals surface area contributed by atoms with Crippen LogP contribution in [0.1, 0.15) is 55.5 Å². The van der Waals surface area contributed by atoms with Crippen LogP contribution in [0, 0.1) is 0 Å². The Kier molecular flexibility index (Phi) is 3.06. The number of carbonyl (C=O) groups excluding carboxylic acids is 1. The molecule has 0 bridgehead atoms. The summed E-state index contributed by atoms with van der Waals surface area (Å²) in [5.74, 6) is 1.18. The SMILES string of the molecule is COC(=O)C1CCCn2c(C3CCC3)nc(Cl)c21. The van der Waals surface area contributed by atoms with Crippen molar-refractivity contribution in [2.45, 2.75) is 50.5 Å². The van der Waals surface area contributed by atoms with Gasteiger partial charge in [-0.3, -0.25) is 4.79 Å². The van der Waals surface area contributed by atoms with Crippen LogP contribution < -0.4 is 0 Å². The van der Waals surface area contributed by atoms with E-state index in [9.17, 15) is 4.79 Å². The summed E-state index contributed by atoms with van der Waals surface area (Å²) < 4.78 is 7.04. The Morgan fingerprint density at radius 1 is 1.39 bits per heavy atom. The van der Waals surface area contributed by atoms with Crippen molar-refractivity contribution in [2.24, 2.45) is 0 Å². The first-order valence-corrected chi connectivity index (χ1v) is 6.93. The normalized spacial score (nSPS) is 23.3. The van der Waals surface area contributed by atoms with E-state index in [2.05, 4.69) is 9.55 Å². The van der Waals surface area contributed by atoms with Crippen LogP contribution in [0.25, 0.3) is 0 Å². The highest BCUT2D eigenvalue weighted by atomic mass is 35.5. The lowest BCUT2D eigenvalue weighted by Gasteiger charge is -2.29. The Bertz CT molecular complexity index is 480. The molecule has 0 spiro atoms. The van der Waals surface area contributed by atoms with Gasteiger partial charge in [0.05, 0.1) is 12.8 Å². The van der Waals surface area contributed by atoms with Crippen LogP contribution in [0.4, 0.5) is 0 Å². The number of nitrogens with zero attached hydrogens (tertiary/aromatic N) is 2. The minimum atomic E-state index is -0.238. The maximum absolute atomic E-state index is 11.8. The van der Waals surface area contributed by atoms with E-state index in [4.69, 9.17) is 16.3 Å². The highest BCUT2D eigenvalue weighted by Gasteiger charge is 2.35. The van der Waals surface area contributed by atoms with Crippen LogP contribution in [-0.4, -0.2) is 22.6 Å². The van der Waals surface area contributed by atoms with E-state index in [0.29, 0.717) is 11.1 Å². The first-order chi connectivity index (χ1) is 8.72. The molecule has 2 aliphatic rings. The third-order valence-electron chi connectivity index (χ3n) is 4.15. The van der Waals surface area contributed by atoms with Gasteiger partial charge in [0, 0.05) is 12.5 Å². The molecule has 1 aliphatic carbocycles. The first kappa shape index (κ1) is 12.0. The largest absolute Gasteiger partial charge is 0.469 e. The van der Waals surface area contributed by atoms with Gasteiger partial charge < -0.3 is 9.30 Å². The molecular formula is C13H17ClN2O2. The van der Waals surface area contributed by atoms with Gasteiger partial charge in [0.25, 0.3) is 0 Å². The second kappa shape index (κ2) is 4.57. The number of methoxy groups -OCH3 is 1. The molecule has 4 nitrogen and oxygen atoms in total. The quantitative estimate of drug-likeness (QED) is 0.775. The molecule has 0 amide bonds. The number of imidazole rings is 1. The molecule has 98 valence electrons. The Balaban J connectivity index is 2.01. The summed E-state index contributed by atoms with van der Waals surface area (Å²) in [6, 6.07) is 0. The van der Waals surface area contributed by atoms with Gasteiger partial charge in [-0.15, -0.1) is 0 Å². The smallest absolute Gasteiger partial charge is 0.314 e. The summed E-state index contributed by atoms with van der Waals surface area (Å²) in [5, 5.41) is 0.493. The first-order valence-electron chi connectivity index (χ1n) is 6.56. The maximum Gasteiger partial charge on any atom is 0.314 e. The lowest BCUT2D eigenvalue weighted by molar-refractivity contribution is -0.143. The summed E-state index contributed by atoms with van der Waals surface area (Å²) in [4.78, 5) is 16.3. The molecule has 2 heterocycles. The Morgan fingerprint density at radius 2 is 2.17 bits per heavy atom. The number of esters is 1. The second-order valence-electron chi connectivity index (χ2n) is 5.14. The van der Waals surface area contributed by atoms with Gasteiger partial charge in [-0.25, -0.2) is 4.98 Å². The molecule has 3 rings (SSSR count). The zero-order chi connectivity index (χ0) is 12.7. The number of hydrogen-bond donors (Lipinski definition) is 0. The van der Waals surface area contributed by atoms with E-state index in [-0.39, 0.29) is 11.9 Å². The summed E-state index contributed by atoms with van der Waals surface area (Å²) in [6.45, 7) is 0.925. The van der Waals surface area contributed by atoms with Crippen LogP contribution in [-0.2, 0) is 16.1 Å². The van der Waals surface area contributed by atoms with E-state index in [1.54, 1.807) is 0 Å². The minimum Gasteiger partial charge on any atom is -0.469 e. The highest BCUT2D eigenvalue weighted by molar-refractivity contribution is 6.30. The Morgan fingerprint density at radius 3 is 2.78 bits per heavy atom. The molecule has 0 aromatic carbocycles. The van der Waals surface area contributed by atoms with E-state index < -0.39 is 0 Å². The summed E-state index contributed by atoms with van der Waals surface area (Å²) >= 11 is 6.24. The van der Waals surface area contributed by atoms with Crippen molar-refractivity contribution < 1.29 is 9.53 Å². The van der Waals surface area contributed by atoms with Gasteiger partial charge in [-0.2, -0.15) is 0 Å². The fourth-order valence-electron chi connectivity index (χ4n) is 2.96. The van der Waals surface area contributed by atoms with Gasteiger partial charge in [0.15, 0.2) is 5.15 Å². The Labute approximate surface area is 111 Å². The van der Waals surface area contributed by atoms with Crippen molar-refractivity contribution in [3.63, 3.8) is 0 Å². The molecule has 1 atom stereocenters. The van der Waals surface area contributed by atoms with E-state index in [1.807, 2.05) is 0 Å². The second-order valence-corrected chi connectivity index (χ2v) is 5.50. The molecule has 0 saturated heterocycles. The highest BCUT2D eigenvalue weighted by Crippen LogP contribution is 2.41. The predicted molar refractivity (Wildman–Crippen MR) is 67.8 cm³/mol. The summed E-state index contributed by atoms with van der Waals surface area (Å²) in [6.07, 6.45) is 5.44. The van der Waals surface area contributed by atoms with Crippen molar-refractivity contribution in [3.05, 3.63) is 16.7 Å². The monoisotopic (exact) mass is 268 g/mol. The molecule has 1 saturated carbocycles. The number of fused-ring (bicyclic) bond motifs is 1. The third-order valence-corrected chi connectivity index (χ3v) is 4.43. The lowest BCUT2D eigenvalue weighted by Crippen LogP contribution is -2.25. The van der Waals surface area contributed by atoms with Gasteiger partial charge in [-0.05, 0) is 25.7 Å². The van der Waals surface area contributed by atoms with Crippen molar-refractivity contribution in [3.8, 4) is 0 Å². The summed E-state index contributed by atoms with van der Waals surface area (Å²) in [5.41, 5.74) is 0.872. The van der Waals surface area contributed by atoms with Gasteiger partial charge in [0.2, 0.25) is 0 Å². The topological polar surface area (TPSA) is 44.1 Å². The fourth-order valence-corrected chi connectivity index (χ4v) is 3.28. The van der Waals surface area contributed by atoms with E-state index in [1.165, 1.54) is 26.4 Å². The molecular weight excluding hydrogens is 252 g/mol. The average molecular weight is 269 g/mol. The van der Waals surface area contributed by atoms with Crippen molar-refractivity contribution >= 4 is 17.6 Å². The van der Waals surface area contributed by atoms with Crippen LogP contribution in [0.3, 0.4) is 0 Å². The van der Waals surface area contributed by atoms with Crippen molar-refractivity contribution in [1.82, 2.24) is 9.55 Å². The fraction of sp³-hybridized carbons (Fsp3) is 0.692. The van der Waals surface area contributed by atoms with Crippen molar-refractivity contribution in [1.29, 1.82) is 0 Å². The van der Waals surface area contributed by atoms with E-state index in [0.717, 1.165) is 30.9 Å². The summed E-state index contributed by atoms with van der Waals surface area (Å²) in [7, 11) is 1.43. The third kappa shape index (κ3) is 1.74. The van der Waals surface area contributed by atoms with Crippen LogP contribution in [0.5, 0.6) is 0 Å². The Hall–Kier alpha value is -1.03.